The van der Waals surface area contributed by atoms with E-state index in [2.05, 4.69) is 10.1 Å². The normalized spacial score (nSPS) is 17.7. The van der Waals surface area contributed by atoms with Crippen LogP contribution in [0.3, 0.4) is 0 Å². The monoisotopic (exact) mass is 329 g/mol. The number of aliphatic carboxylic acids is 1. The Hall–Kier alpha value is -2.90. The number of carbonyl (C=O) groups is 2. The maximum Gasteiger partial charge on any atom is 0.325 e. The third-order valence-corrected chi connectivity index (χ3v) is 4.23. The van der Waals surface area contributed by atoms with E-state index in [9.17, 15) is 9.59 Å². The van der Waals surface area contributed by atoms with Crippen molar-refractivity contribution in [1.29, 1.82) is 0 Å². The van der Waals surface area contributed by atoms with E-state index in [-0.39, 0.29) is 12.5 Å². The number of aromatic nitrogens is 3. The number of rotatable bonds is 5. The molecule has 24 heavy (non-hydrogen) atoms. The van der Waals surface area contributed by atoms with Gasteiger partial charge >= 0.3 is 5.97 Å². The minimum atomic E-state index is -0.923. The van der Waals surface area contributed by atoms with Crippen LogP contribution in [0.15, 0.2) is 30.6 Å². The van der Waals surface area contributed by atoms with Crippen molar-refractivity contribution >= 4 is 17.7 Å². The van der Waals surface area contributed by atoms with E-state index in [1.54, 1.807) is 24.5 Å². The zero-order valence-electron chi connectivity index (χ0n) is 13.1. The number of pyridine rings is 1. The first-order chi connectivity index (χ1) is 11.6. The van der Waals surface area contributed by atoms with E-state index in [4.69, 9.17) is 10.8 Å². The number of carboxylic acid groups (broad SMARTS) is 1. The minimum Gasteiger partial charge on any atom is -0.480 e. The smallest absolute Gasteiger partial charge is 0.325 e. The standard InChI is InChI=1S/C16H19N5O3/c17-15(24)12-4-1-6-18-16(12)20-8-2-3-11(9-20)13-5-7-19-21(13)10-14(22)23/h1,4-7,11H,2-3,8-10H2,(H2,17,24)(H,22,23)/t11-/m0/s1. The number of anilines is 1. The van der Waals surface area contributed by atoms with E-state index >= 15 is 0 Å². The highest BCUT2D eigenvalue weighted by molar-refractivity contribution is 5.97. The molecule has 0 aliphatic carbocycles. The summed E-state index contributed by atoms with van der Waals surface area (Å²) in [5, 5.41) is 13.1. The third-order valence-electron chi connectivity index (χ3n) is 4.23. The summed E-state index contributed by atoms with van der Waals surface area (Å²) >= 11 is 0. The van der Waals surface area contributed by atoms with Crippen LogP contribution in [0.2, 0.25) is 0 Å². The first-order valence-corrected chi connectivity index (χ1v) is 7.79. The van der Waals surface area contributed by atoms with E-state index < -0.39 is 11.9 Å². The summed E-state index contributed by atoms with van der Waals surface area (Å²) in [5.41, 5.74) is 6.73. The van der Waals surface area contributed by atoms with Crippen LogP contribution in [0.5, 0.6) is 0 Å². The van der Waals surface area contributed by atoms with Crippen molar-refractivity contribution in [1.82, 2.24) is 14.8 Å². The van der Waals surface area contributed by atoms with Crippen LogP contribution in [-0.4, -0.2) is 44.8 Å². The Balaban J connectivity index is 1.84. The van der Waals surface area contributed by atoms with Crippen molar-refractivity contribution in [3.8, 4) is 0 Å². The van der Waals surface area contributed by atoms with Crippen LogP contribution in [-0.2, 0) is 11.3 Å². The van der Waals surface area contributed by atoms with Crippen LogP contribution in [0.25, 0.3) is 0 Å². The highest BCUT2D eigenvalue weighted by Crippen LogP contribution is 2.30. The molecule has 1 atom stereocenters. The van der Waals surface area contributed by atoms with Crippen LogP contribution >= 0.6 is 0 Å². The molecule has 0 saturated carbocycles. The fraction of sp³-hybridized carbons (Fsp3) is 0.375. The van der Waals surface area contributed by atoms with E-state index in [1.165, 1.54) is 4.68 Å². The lowest BCUT2D eigenvalue weighted by Crippen LogP contribution is -2.37. The van der Waals surface area contributed by atoms with Crippen molar-refractivity contribution in [2.24, 2.45) is 5.73 Å². The predicted molar refractivity (Wildman–Crippen MR) is 86.8 cm³/mol. The number of carbonyl (C=O) groups excluding carboxylic acids is 1. The number of nitrogens with two attached hydrogens (primary N) is 1. The number of carboxylic acids is 1. The summed E-state index contributed by atoms with van der Waals surface area (Å²) in [7, 11) is 0. The van der Waals surface area contributed by atoms with Crippen LogP contribution in [0.4, 0.5) is 5.82 Å². The van der Waals surface area contributed by atoms with Gasteiger partial charge in [-0.05, 0) is 31.0 Å². The van der Waals surface area contributed by atoms with Gasteiger partial charge in [-0.25, -0.2) is 4.98 Å². The van der Waals surface area contributed by atoms with Gasteiger partial charge in [0.1, 0.15) is 12.4 Å². The average molecular weight is 329 g/mol. The van der Waals surface area contributed by atoms with Gasteiger partial charge < -0.3 is 15.7 Å². The zero-order valence-corrected chi connectivity index (χ0v) is 13.1. The van der Waals surface area contributed by atoms with Crippen molar-refractivity contribution in [3.05, 3.63) is 41.9 Å². The molecule has 0 spiro atoms. The molecule has 8 nitrogen and oxygen atoms in total. The topological polar surface area (TPSA) is 114 Å². The zero-order chi connectivity index (χ0) is 17.1. The Labute approximate surface area is 138 Å². The largest absolute Gasteiger partial charge is 0.480 e. The molecule has 0 bridgehead atoms. The lowest BCUT2D eigenvalue weighted by atomic mass is 9.94. The Morgan fingerprint density at radius 3 is 2.92 bits per heavy atom. The number of nitrogens with zero attached hydrogens (tertiary/aromatic N) is 4. The quantitative estimate of drug-likeness (QED) is 0.840. The van der Waals surface area contributed by atoms with Gasteiger partial charge in [0.05, 0.1) is 5.56 Å². The molecule has 126 valence electrons. The molecule has 2 aromatic heterocycles. The lowest BCUT2D eigenvalue weighted by Gasteiger charge is -2.34. The molecule has 3 rings (SSSR count). The van der Waals surface area contributed by atoms with Crippen molar-refractivity contribution in [3.63, 3.8) is 0 Å². The number of primary amides is 1. The highest BCUT2D eigenvalue weighted by atomic mass is 16.4. The molecule has 3 N–H and O–H groups in total. The number of hydrogen-bond donors (Lipinski definition) is 2. The van der Waals surface area contributed by atoms with Gasteiger partial charge in [-0.2, -0.15) is 5.10 Å². The van der Waals surface area contributed by atoms with Crippen LogP contribution in [0, 0.1) is 0 Å². The maximum absolute atomic E-state index is 11.6. The van der Waals surface area contributed by atoms with Gasteiger partial charge in [0.15, 0.2) is 0 Å². The van der Waals surface area contributed by atoms with E-state index in [0.717, 1.165) is 25.1 Å². The second-order valence-corrected chi connectivity index (χ2v) is 5.83. The molecule has 3 heterocycles. The van der Waals surface area contributed by atoms with Gasteiger partial charge in [-0.1, -0.05) is 0 Å². The first-order valence-electron chi connectivity index (χ1n) is 7.79. The molecule has 2 aromatic rings. The Kier molecular flexibility index (Phi) is 4.45. The molecule has 8 heteroatoms. The first kappa shape index (κ1) is 16.0. The van der Waals surface area contributed by atoms with Crippen molar-refractivity contribution < 1.29 is 14.7 Å². The van der Waals surface area contributed by atoms with Gasteiger partial charge in [0, 0.05) is 37.1 Å². The molecule has 1 aliphatic heterocycles. The maximum atomic E-state index is 11.6. The van der Waals surface area contributed by atoms with Gasteiger partial charge in [0.2, 0.25) is 0 Å². The van der Waals surface area contributed by atoms with Crippen molar-refractivity contribution in [2.45, 2.75) is 25.3 Å². The molecular formula is C16H19N5O3. The fourth-order valence-corrected chi connectivity index (χ4v) is 3.20. The van der Waals surface area contributed by atoms with Crippen LogP contribution < -0.4 is 10.6 Å². The van der Waals surface area contributed by atoms with Gasteiger partial charge in [-0.15, -0.1) is 0 Å². The second kappa shape index (κ2) is 6.69. The minimum absolute atomic E-state index is 0.128. The molecule has 1 aliphatic rings. The molecule has 0 unspecified atom stereocenters. The summed E-state index contributed by atoms with van der Waals surface area (Å²) in [6.07, 6.45) is 5.10. The van der Waals surface area contributed by atoms with Crippen LogP contribution in [0.1, 0.15) is 34.8 Å². The molecule has 0 aromatic carbocycles. The predicted octanol–water partition coefficient (Wildman–Crippen LogP) is 0.846. The summed E-state index contributed by atoms with van der Waals surface area (Å²) in [4.78, 5) is 29.0. The molecule has 1 saturated heterocycles. The highest BCUT2D eigenvalue weighted by Gasteiger charge is 2.27. The SMILES string of the molecule is NC(=O)c1cccnc1N1CCC[C@H](c2ccnn2CC(=O)O)C1. The summed E-state index contributed by atoms with van der Waals surface area (Å²) < 4.78 is 1.52. The van der Waals surface area contributed by atoms with Crippen molar-refractivity contribution in [2.75, 3.05) is 18.0 Å². The lowest BCUT2D eigenvalue weighted by molar-refractivity contribution is -0.137. The average Bonchev–Trinajstić information content (AvgIpc) is 3.02. The molecular weight excluding hydrogens is 310 g/mol. The van der Waals surface area contributed by atoms with Gasteiger partial charge in [0.25, 0.3) is 5.91 Å². The Morgan fingerprint density at radius 2 is 2.17 bits per heavy atom. The second-order valence-electron chi connectivity index (χ2n) is 5.83. The summed E-state index contributed by atoms with van der Waals surface area (Å²) in [5.74, 6) is -0.716. The van der Waals surface area contributed by atoms with E-state index in [0.29, 0.717) is 17.9 Å². The summed E-state index contributed by atoms with van der Waals surface area (Å²) in [6, 6.07) is 5.21. The molecule has 0 radical (unpaired) electrons. The molecule has 1 fully saturated rings. The molecule has 1 amide bonds. The van der Waals surface area contributed by atoms with E-state index in [1.807, 2.05) is 11.0 Å². The van der Waals surface area contributed by atoms with Gasteiger partial charge in [-0.3, -0.25) is 14.3 Å². The number of piperidine rings is 1. The Morgan fingerprint density at radius 1 is 1.33 bits per heavy atom. The Bertz CT molecular complexity index is 758. The fourth-order valence-electron chi connectivity index (χ4n) is 3.20. The summed E-state index contributed by atoms with van der Waals surface area (Å²) in [6.45, 7) is 1.26. The number of hydrogen-bond acceptors (Lipinski definition) is 5. The number of amides is 1. The third kappa shape index (κ3) is 3.22.